The molecule has 21 heavy (non-hydrogen) atoms. The minimum atomic E-state index is 0.303. The lowest BCUT2D eigenvalue weighted by Gasteiger charge is -2.14. The number of halogens is 1. The Kier molecular flexibility index (Phi) is 4.51. The van der Waals surface area contributed by atoms with E-state index >= 15 is 0 Å². The lowest BCUT2D eigenvalue weighted by molar-refractivity contribution is 0.324. The predicted octanol–water partition coefficient (Wildman–Crippen LogP) is 3.30. The SMILES string of the molecule is COc1cc(-c2nc(Cl)ccc2C#N)cc(OC)c1OC. The van der Waals surface area contributed by atoms with Crippen LogP contribution in [0.15, 0.2) is 24.3 Å². The zero-order valence-corrected chi connectivity index (χ0v) is 12.6. The first-order valence-corrected chi connectivity index (χ1v) is 6.39. The van der Waals surface area contributed by atoms with Crippen LogP contribution in [0.1, 0.15) is 5.56 Å². The summed E-state index contributed by atoms with van der Waals surface area (Å²) in [6, 6.07) is 8.73. The lowest BCUT2D eigenvalue weighted by Crippen LogP contribution is -1.97. The molecule has 2 rings (SSSR count). The molecule has 108 valence electrons. The number of nitrogens with zero attached hydrogens (tertiary/aromatic N) is 2. The first kappa shape index (κ1) is 14.9. The number of pyridine rings is 1. The maximum absolute atomic E-state index is 9.20. The van der Waals surface area contributed by atoms with Gasteiger partial charge in [0, 0.05) is 5.56 Å². The number of rotatable bonds is 4. The fourth-order valence-corrected chi connectivity index (χ4v) is 2.11. The molecule has 2 aromatic rings. The molecular formula is C15H13ClN2O3. The van der Waals surface area contributed by atoms with E-state index in [1.54, 1.807) is 24.3 Å². The highest BCUT2D eigenvalue weighted by Crippen LogP contribution is 2.41. The van der Waals surface area contributed by atoms with E-state index in [9.17, 15) is 5.26 Å². The van der Waals surface area contributed by atoms with Crippen molar-refractivity contribution in [2.24, 2.45) is 0 Å². The fraction of sp³-hybridized carbons (Fsp3) is 0.200. The summed E-state index contributed by atoms with van der Waals surface area (Å²) in [5, 5.41) is 9.51. The van der Waals surface area contributed by atoms with E-state index in [1.165, 1.54) is 21.3 Å². The van der Waals surface area contributed by atoms with E-state index in [-0.39, 0.29) is 0 Å². The minimum Gasteiger partial charge on any atom is -0.493 e. The van der Waals surface area contributed by atoms with Crippen LogP contribution < -0.4 is 14.2 Å². The number of nitriles is 1. The smallest absolute Gasteiger partial charge is 0.203 e. The van der Waals surface area contributed by atoms with Crippen molar-refractivity contribution in [2.75, 3.05) is 21.3 Å². The first-order valence-electron chi connectivity index (χ1n) is 6.01. The van der Waals surface area contributed by atoms with E-state index in [4.69, 9.17) is 25.8 Å². The molecule has 0 amide bonds. The van der Waals surface area contributed by atoms with Crippen LogP contribution >= 0.6 is 11.6 Å². The van der Waals surface area contributed by atoms with Crippen LogP contribution in [-0.4, -0.2) is 26.3 Å². The lowest BCUT2D eigenvalue weighted by atomic mass is 10.1. The molecule has 0 aliphatic rings. The summed E-state index contributed by atoms with van der Waals surface area (Å²) >= 11 is 5.92. The van der Waals surface area contributed by atoms with E-state index in [0.29, 0.717) is 39.2 Å². The number of ether oxygens (including phenoxy) is 3. The number of hydrogen-bond donors (Lipinski definition) is 0. The van der Waals surface area contributed by atoms with Gasteiger partial charge in [-0.15, -0.1) is 0 Å². The molecule has 1 aromatic heterocycles. The molecular weight excluding hydrogens is 292 g/mol. The molecule has 0 atom stereocenters. The van der Waals surface area contributed by atoms with E-state index < -0.39 is 0 Å². The summed E-state index contributed by atoms with van der Waals surface area (Å²) in [5.41, 5.74) is 1.53. The van der Waals surface area contributed by atoms with Crippen molar-refractivity contribution >= 4 is 11.6 Å². The van der Waals surface area contributed by atoms with Gasteiger partial charge in [0.05, 0.1) is 32.6 Å². The third-order valence-electron chi connectivity index (χ3n) is 2.92. The summed E-state index contributed by atoms with van der Waals surface area (Å²) in [6.45, 7) is 0. The Morgan fingerprint density at radius 3 is 2.14 bits per heavy atom. The number of methoxy groups -OCH3 is 3. The molecule has 0 unspecified atom stereocenters. The van der Waals surface area contributed by atoms with E-state index in [1.807, 2.05) is 0 Å². The third-order valence-corrected chi connectivity index (χ3v) is 3.13. The highest BCUT2D eigenvalue weighted by Gasteiger charge is 2.16. The van der Waals surface area contributed by atoms with Crippen molar-refractivity contribution in [3.63, 3.8) is 0 Å². The zero-order chi connectivity index (χ0) is 15.4. The van der Waals surface area contributed by atoms with Gasteiger partial charge in [-0.1, -0.05) is 11.6 Å². The molecule has 6 heteroatoms. The van der Waals surface area contributed by atoms with Crippen LogP contribution in [0.2, 0.25) is 5.15 Å². The van der Waals surface area contributed by atoms with Gasteiger partial charge in [0.1, 0.15) is 11.2 Å². The maximum atomic E-state index is 9.20. The van der Waals surface area contributed by atoms with Crippen LogP contribution in [-0.2, 0) is 0 Å². The Bertz CT molecular complexity index is 686. The third kappa shape index (κ3) is 2.86. The van der Waals surface area contributed by atoms with E-state index in [2.05, 4.69) is 11.1 Å². The van der Waals surface area contributed by atoms with E-state index in [0.717, 1.165) is 0 Å². The van der Waals surface area contributed by atoms with Crippen LogP contribution in [0.3, 0.4) is 0 Å². The number of aromatic nitrogens is 1. The highest BCUT2D eigenvalue weighted by molar-refractivity contribution is 6.29. The van der Waals surface area contributed by atoms with Gasteiger partial charge in [0.2, 0.25) is 5.75 Å². The van der Waals surface area contributed by atoms with Gasteiger partial charge in [-0.3, -0.25) is 0 Å². The molecule has 0 saturated carbocycles. The van der Waals surface area contributed by atoms with Gasteiger partial charge in [-0.2, -0.15) is 5.26 Å². The summed E-state index contributed by atoms with van der Waals surface area (Å²) in [5.74, 6) is 1.44. The van der Waals surface area contributed by atoms with Crippen molar-refractivity contribution in [3.05, 3.63) is 35.0 Å². The van der Waals surface area contributed by atoms with Crippen molar-refractivity contribution in [1.82, 2.24) is 4.98 Å². The molecule has 1 aromatic carbocycles. The molecule has 0 saturated heterocycles. The Hall–Kier alpha value is -2.45. The molecule has 5 nitrogen and oxygen atoms in total. The summed E-state index contributed by atoms with van der Waals surface area (Å²) in [6.07, 6.45) is 0. The highest BCUT2D eigenvalue weighted by atomic mass is 35.5. The molecule has 0 radical (unpaired) electrons. The van der Waals surface area contributed by atoms with Crippen molar-refractivity contribution in [1.29, 1.82) is 5.26 Å². The zero-order valence-electron chi connectivity index (χ0n) is 11.8. The summed E-state index contributed by atoms with van der Waals surface area (Å²) in [4.78, 5) is 4.21. The Labute approximate surface area is 127 Å². The number of hydrogen-bond acceptors (Lipinski definition) is 5. The van der Waals surface area contributed by atoms with Crippen LogP contribution in [0.5, 0.6) is 17.2 Å². The summed E-state index contributed by atoms with van der Waals surface area (Å²) < 4.78 is 15.9. The first-order chi connectivity index (χ1) is 10.1. The Morgan fingerprint density at radius 2 is 1.67 bits per heavy atom. The van der Waals surface area contributed by atoms with Gasteiger partial charge in [-0.25, -0.2) is 4.98 Å². The minimum absolute atomic E-state index is 0.303. The Morgan fingerprint density at radius 1 is 1.05 bits per heavy atom. The van der Waals surface area contributed by atoms with Crippen LogP contribution in [0.25, 0.3) is 11.3 Å². The topological polar surface area (TPSA) is 64.4 Å². The molecule has 0 spiro atoms. The van der Waals surface area contributed by atoms with Gasteiger partial charge in [0.25, 0.3) is 0 Å². The molecule has 0 bridgehead atoms. The van der Waals surface area contributed by atoms with Crippen molar-refractivity contribution < 1.29 is 14.2 Å². The largest absolute Gasteiger partial charge is 0.493 e. The van der Waals surface area contributed by atoms with Gasteiger partial charge in [-0.05, 0) is 24.3 Å². The Balaban J connectivity index is 2.70. The molecule has 0 fully saturated rings. The second-order valence-electron chi connectivity index (χ2n) is 4.06. The van der Waals surface area contributed by atoms with Crippen molar-refractivity contribution in [3.8, 4) is 34.6 Å². The maximum Gasteiger partial charge on any atom is 0.203 e. The molecule has 0 aliphatic carbocycles. The quantitative estimate of drug-likeness (QED) is 0.811. The van der Waals surface area contributed by atoms with Crippen molar-refractivity contribution in [2.45, 2.75) is 0 Å². The normalized spacial score (nSPS) is 9.86. The monoisotopic (exact) mass is 304 g/mol. The average Bonchev–Trinajstić information content (AvgIpc) is 2.53. The molecule has 1 heterocycles. The second-order valence-corrected chi connectivity index (χ2v) is 4.44. The van der Waals surface area contributed by atoms with Gasteiger partial charge < -0.3 is 14.2 Å². The fourth-order valence-electron chi connectivity index (χ4n) is 1.96. The second kappa shape index (κ2) is 6.33. The summed E-state index contributed by atoms with van der Waals surface area (Å²) in [7, 11) is 4.58. The molecule has 0 aliphatic heterocycles. The average molecular weight is 305 g/mol. The van der Waals surface area contributed by atoms with Gasteiger partial charge in [0.15, 0.2) is 11.5 Å². The predicted molar refractivity (Wildman–Crippen MR) is 79.1 cm³/mol. The number of benzene rings is 1. The van der Waals surface area contributed by atoms with Crippen LogP contribution in [0, 0.1) is 11.3 Å². The van der Waals surface area contributed by atoms with Crippen LogP contribution in [0.4, 0.5) is 0 Å². The van der Waals surface area contributed by atoms with Gasteiger partial charge >= 0.3 is 0 Å². The molecule has 0 N–H and O–H groups in total. The standard InChI is InChI=1S/C15H13ClN2O3/c1-19-11-6-10(7-12(20-2)15(11)21-3)14-9(8-17)4-5-13(16)18-14/h4-7H,1-3H3.